The van der Waals surface area contributed by atoms with Gasteiger partial charge >= 0.3 is 0 Å². The second-order valence-electron chi connectivity index (χ2n) is 3.27. The van der Waals surface area contributed by atoms with Crippen molar-refractivity contribution in [3.05, 3.63) is 40.6 Å². The molecular weight excluding hydrogens is 233 g/mol. The number of halogens is 2. The molecule has 0 spiro atoms. The van der Waals surface area contributed by atoms with Crippen molar-refractivity contribution in [1.29, 1.82) is 0 Å². The van der Waals surface area contributed by atoms with Crippen molar-refractivity contribution in [2.45, 2.75) is 13.5 Å². The molecule has 84 valence electrons. The second-order valence-corrected chi connectivity index (χ2v) is 3.68. The number of aryl methyl sites for hydroxylation is 1. The first kappa shape index (κ1) is 11.0. The Balaban J connectivity index is 2.55. The summed E-state index contributed by atoms with van der Waals surface area (Å²) in [5.74, 6) is -0.564. The average molecular weight is 242 g/mol. The zero-order valence-electron chi connectivity index (χ0n) is 8.48. The minimum absolute atomic E-state index is 0.0292. The number of hydrogen-bond acceptors (Lipinski definition) is 3. The number of rotatable bonds is 2. The fourth-order valence-electron chi connectivity index (χ4n) is 1.30. The van der Waals surface area contributed by atoms with Crippen molar-refractivity contribution in [2.75, 3.05) is 0 Å². The van der Waals surface area contributed by atoms with E-state index in [0.29, 0.717) is 10.7 Å². The lowest BCUT2D eigenvalue weighted by Gasteiger charge is -2.04. The Morgan fingerprint density at radius 1 is 1.56 bits per heavy atom. The SMILES string of the molecule is Cc1nn(-c2nccc(CO)c2F)cc1Cl. The molecule has 0 aliphatic rings. The Hall–Kier alpha value is -1.46. The molecule has 0 bridgehead atoms. The van der Waals surface area contributed by atoms with E-state index in [9.17, 15) is 4.39 Å². The summed E-state index contributed by atoms with van der Waals surface area (Å²) in [5, 5.41) is 13.4. The van der Waals surface area contributed by atoms with Crippen LogP contribution in [0.2, 0.25) is 5.02 Å². The van der Waals surface area contributed by atoms with E-state index in [1.54, 1.807) is 6.92 Å². The molecule has 2 aromatic heterocycles. The van der Waals surface area contributed by atoms with Gasteiger partial charge in [0.05, 0.1) is 23.5 Å². The van der Waals surface area contributed by atoms with Gasteiger partial charge in [0.2, 0.25) is 0 Å². The largest absolute Gasteiger partial charge is 0.392 e. The molecule has 0 unspecified atom stereocenters. The molecule has 0 radical (unpaired) electrons. The Morgan fingerprint density at radius 3 is 2.88 bits per heavy atom. The van der Waals surface area contributed by atoms with Gasteiger partial charge in [0, 0.05) is 11.8 Å². The molecule has 0 aliphatic carbocycles. The molecular formula is C10H9ClFN3O. The van der Waals surface area contributed by atoms with Crippen LogP contribution < -0.4 is 0 Å². The van der Waals surface area contributed by atoms with Gasteiger partial charge in [-0.2, -0.15) is 5.10 Å². The standard InChI is InChI=1S/C10H9ClFN3O/c1-6-8(11)4-15(14-6)10-9(12)7(5-16)2-3-13-10/h2-4,16H,5H2,1H3. The molecule has 0 atom stereocenters. The summed E-state index contributed by atoms with van der Waals surface area (Å²) < 4.78 is 15.0. The smallest absolute Gasteiger partial charge is 0.190 e. The Labute approximate surface area is 96.3 Å². The third-order valence-corrected chi connectivity index (χ3v) is 2.55. The van der Waals surface area contributed by atoms with Crippen LogP contribution in [0.3, 0.4) is 0 Å². The molecule has 2 aromatic rings. The maximum Gasteiger partial charge on any atom is 0.190 e. The van der Waals surface area contributed by atoms with Crippen LogP contribution in [0.4, 0.5) is 4.39 Å². The highest BCUT2D eigenvalue weighted by Crippen LogP contribution is 2.18. The van der Waals surface area contributed by atoms with Crippen molar-refractivity contribution in [1.82, 2.24) is 14.8 Å². The van der Waals surface area contributed by atoms with Gasteiger partial charge in [-0.25, -0.2) is 14.1 Å². The lowest BCUT2D eigenvalue weighted by atomic mass is 10.2. The summed E-state index contributed by atoms with van der Waals surface area (Å²) in [7, 11) is 0. The maximum absolute atomic E-state index is 13.8. The van der Waals surface area contributed by atoms with Gasteiger partial charge in [0.1, 0.15) is 0 Å². The van der Waals surface area contributed by atoms with E-state index in [2.05, 4.69) is 10.1 Å². The minimum atomic E-state index is -0.593. The molecule has 0 saturated heterocycles. The highest BCUT2D eigenvalue weighted by atomic mass is 35.5. The first-order valence-corrected chi connectivity index (χ1v) is 4.97. The van der Waals surface area contributed by atoms with E-state index in [1.165, 1.54) is 23.1 Å². The van der Waals surface area contributed by atoms with Crippen LogP contribution >= 0.6 is 11.6 Å². The van der Waals surface area contributed by atoms with Crippen molar-refractivity contribution in [3.63, 3.8) is 0 Å². The van der Waals surface area contributed by atoms with E-state index in [1.807, 2.05) is 0 Å². The molecule has 16 heavy (non-hydrogen) atoms. The van der Waals surface area contributed by atoms with E-state index >= 15 is 0 Å². The maximum atomic E-state index is 13.8. The number of aliphatic hydroxyl groups is 1. The predicted molar refractivity (Wildman–Crippen MR) is 57.0 cm³/mol. The Kier molecular flexibility index (Phi) is 2.89. The van der Waals surface area contributed by atoms with Crippen molar-refractivity contribution >= 4 is 11.6 Å². The summed E-state index contributed by atoms with van der Waals surface area (Å²) in [6.07, 6.45) is 2.89. The van der Waals surface area contributed by atoms with E-state index in [4.69, 9.17) is 16.7 Å². The van der Waals surface area contributed by atoms with Crippen LogP contribution in [-0.2, 0) is 6.61 Å². The Morgan fingerprint density at radius 2 is 2.31 bits per heavy atom. The van der Waals surface area contributed by atoms with Crippen LogP contribution in [-0.4, -0.2) is 19.9 Å². The topological polar surface area (TPSA) is 50.9 Å². The molecule has 2 rings (SSSR count). The fraction of sp³-hybridized carbons (Fsp3) is 0.200. The van der Waals surface area contributed by atoms with Gasteiger partial charge in [0.15, 0.2) is 11.6 Å². The van der Waals surface area contributed by atoms with Crippen molar-refractivity contribution < 1.29 is 9.50 Å². The van der Waals surface area contributed by atoms with E-state index in [-0.39, 0.29) is 18.0 Å². The minimum Gasteiger partial charge on any atom is -0.392 e. The lowest BCUT2D eigenvalue weighted by molar-refractivity contribution is 0.275. The molecule has 0 fully saturated rings. The number of pyridine rings is 1. The normalized spacial score (nSPS) is 10.8. The summed E-state index contributed by atoms with van der Waals surface area (Å²) in [4.78, 5) is 3.87. The van der Waals surface area contributed by atoms with E-state index in [0.717, 1.165) is 0 Å². The molecule has 2 heterocycles. The molecule has 0 aromatic carbocycles. The molecule has 4 nitrogen and oxygen atoms in total. The van der Waals surface area contributed by atoms with Crippen LogP contribution in [0.5, 0.6) is 0 Å². The number of hydrogen-bond donors (Lipinski definition) is 1. The van der Waals surface area contributed by atoms with Gasteiger partial charge in [-0.15, -0.1) is 0 Å². The summed E-state index contributed by atoms with van der Waals surface area (Å²) in [6, 6.07) is 1.41. The average Bonchev–Trinajstić information content (AvgIpc) is 2.59. The summed E-state index contributed by atoms with van der Waals surface area (Å²) in [6.45, 7) is 1.34. The van der Waals surface area contributed by atoms with Crippen LogP contribution in [0, 0.1) is 12.7 Å². The van der Waals surface area contributed by atoms with Crippen LogP contribution in [0.25, 0.3) is 5.82 Å². The molecule has 0 aliphatic heterocycles. The zero-order chi connectivity index (χ0) is 11.7. The van der Waals surface area contributed by atoms with Crippen molar-refractivity contribution in [3.8, 4) is 5.82 Å². The first-order chi connectivity index (χ1) is 7.63. The molecule has 0 amide bonds. The van der Waals surface area contributed by atoms with Gasteiger partial charge in [-0.1, -0.05) is 11.6 Å². The van der Waals surface area contributed by atoms with Gasteiger partial charge < -0.3 is 5.11 Å². The third-order valence-electron chi connectivity index (χ3n) is 2.18. The zero-order valence-corrected chi connectivity index (χ0v) is 9.24. The summed E-state index contributed by atoms with van der Waals surface area (Å²) in [5.41, 5.74) is 0.770. The third kappa shape index (κ3) is 1.79. The monoisotopic (exact) mass is 241 g/mol. The lowest BCUT2D eigenvalue weighted by Crippen LogP contribution is -2.04. The number of nitrogens with zero attached hydrogens (tertiary/aromatic N) is 3. The first-order valence-electron chi connectivity index (χ1n) is 4.60. The van der Waals surface area contributed by atoms with Crippen molar-refractivity contribution in [2.24, 2.45) is 0 Å². The van der Waals surface area contributed by atoms with Gasteiger partial charge in [-0.3, -0.25) is 0 Å². The highest BCUT2D eigenvalue weighted by molar-refractivity contribution is 6.31. The fourth-order valence-corrected chi connectivity index (χ4v) is 1.43. The van der Waals surface area contributed by atoms with Gasteiger partial charge in [-0.05, 0) is 13.0 Å². The van der Waals surface area contributed by atoms with E-state index < -0.39 is 5.82 Å². The quantitative estimate of drug-likeness (QED) is 0.873. The van der Waals surface area contributed by atoms with Crippen LogP contribution in [0.1, 0.15) is 11.3 Å². The van der Waals surface area contributed by atoms with Gasteiger partial charge in [0.25, 0.3) is 0 Å². The summed E-state index contributed by atoms with van der Waals surface area (Å²) >= 11 is 5.82. The molecule has 6 heteroatoms. The highest BCUT2D eigenvalue weighted by Gasteiger charge is 2.12. The molecule has 1 N–H and O–H groups in total. The Bertz CT molecular complexity index is 507. The van der Waals surface area contributed by atoms with Crippen LogP contribution in [0.15, 0.2) is 18.5 Å². The second kappa shape index (κ2) is 4.19. The number of aromatic nitrogens is 3. The molecule has 0 saturated carbocycles. The predicted octanol–water partition coefficient (Wildman–Crippen LogP) is 1.86. The number of aliphatic hydroxyl groups excluding tert-OH is 1.